The van der Waals surface area contributed by atoms with Gasteiger partial charge in [0.25, 0.3) is 0 Å². The number of benzene rings is 1. The third-order valence-electron chi connectivity index (χ3n) is 5.90. The summed E-state index contributed by atoms with van der Waals surface area (Å²) in [5.41, 5.74) is 3.56. The second-order valence-electron chi connectivity index (χ2n) is 10.2. The molecule has 184 valence electrons. The van der Waals surface area contributed by atoms with Crippen molar-refractivity contribution in [3.8, 4) is 0 Å². The minimum absolute atomic E-state index is 0.108. The van der Waals surface area contributed by atoms with Crippen molar-refractivity contribution in [2.24, 2.45) is 24.8 Å². The van der Waals surface area contributed by atoms with Crippen LogP contribution in [0.5, 0.6) is 0 Å². The van der Waals surface area contributed by atoms with Gasteiger partial charge in [-0.05, 0) is 48.6 Å². The standard InChI is InChI=1S/C27H38N4O3/c1-18(2)15-31(16-19(3)4)27(33)24(14-23-12-20(5)28-30(23)7)26(32)29(6)17-21-8-9-25-22(13-21)10-11-34-25/h8-13,18-19,24H,14-17H2,1-7H3. The van der Waals surface area contributed by atoms with Crippen molar-refractivity contribution in [1.82, 2.24) is 19.6 Å². The molecule has 0 aliphatic rings. The lowest BCUT2D eigenvalue weighted by molar-refractivity contribution is -0.147. The monoisotopic (exact) mass is 466 g/mol. The third kappa shape index (κ3) is 6.27. The van der Waals surface area contributed by atoms with Crippen molar-refractivity contribution in [3.63, 3.8) is 0 Å². The molecule has 0 aliphatic carbocycles. The Labute approximate surface area is 202 Å². The molecule has 1 aromatic carbocycles. The number of fused-ring (bicyclic) bond motifs is 1. The zero-order valence-electron chi connectivity index (χ0n) is 21.5. The SMILES string of the molecule is Cc1cc(CC(C(=O)N(C)Cc2ccc3occc3c2)C(=O)N(CC(C)C)CC(C)C)n(C)n1. The molecule has 0 aliphatic heterocycles. The Hall–Kier alpha value is -3.09. The topological polar surface area (TPSA) is 71.6 Å². The number of rotatable bonds is 10. The number of carbonyl (C=O) groups excluding carboxylic acids is 2. The third-order valence-corrected chi connectivity index (χ3v) is 5.90. The Kier molecular flexibility index (Phi) is 8.18. The van der Waals surface area contributed by atoms with E-state index in [9.17, 15) is 9.59 Å². The number of carbonyl (C=O) groups is 2. The summed E-state index contributed by atoms with van der Waals surface area (Å²) in [6.45, 7) is 12.0. The van der Waals surface area contributed by atoms with E-state index in [0.717, 1.165) is 27.9 Å². The lowest BCUT2D eigenvalue weighted by Crippen LogP contribution is -2.47. The summed E-state index contributed by atoms with van der Waals surface area (Å²) in [5.74, 6) is -0.444. The van der Waals surface area contributed by atoms with Crippen molar-refractivity contribution >= 4 is 22.8 Å². The highest BCUT2D eigenvalue weighted by Gasteiger charge is 2.34. The van der Waals surface area contributed by atoms with E-state index < -0.39 is 5.92 Å². The Morgan fingerprint density at radius 1 is 1.03 bits per heavy atom. The van der Waals surface area contributed by atoms with Crippen LogP contribution in [0.1, 0.15) is 44.6 Å². The minimum atomic E-state index is -0.796. The second-order valence-corrected chi connectivity index (χ2v) is 10.2. The maximum absolute atomic E-state index is 13.8. The van der Waals surface area contributed by atoms with Gasteiger partial charge < -0.3 is 14.2 Å². The first-order chi connectivity index (χ1) is 16.0. The molecule has 0 N–H and O–H groups in total. The van der Waals surface area contributed by atoms with Gasteiger partial charge in [-0.2, -0.15) is 5.10 Å². The van der Waals surface area contributed by atoms with Crippen LogP contribution in [0.3, 0.4) is 0 Å². The van der Waals surface area contributed by atoms with Crippen LogP contribution in [0.4, 0.5) is 0 Å². The highest BCUT2D eigenvalue weighted by Crippen LogP contribution is 2.21. The second kappa shape index (κ2) is 10.9. The number of nitrogens with zero attached hydrogens (tertiary/aromatic N) is 4. The van der Waals surface area contributed by atoms with Gasteiger partial charge in [0.2, 0.25) is 11.8 Å². The van der Waals surface area contributed by atoms with Gasteiger partial charge in [-0.15, -0.1) is 0 Å². The Morgan fingerprint density at radius 3 is 2.29 bits per heavy atom. The fourth-order valence-electron chi connectivity index (χ4n) is 4.43. The first kappa shape index (κ1) is 25.5. The average Bonchev–Trinajstić information content (AvgIpc) is 3.34. The van der Waals surface area contributed by atoms with E-state index in [-0.39, 0.29) is 11.8 Å². The Morgan fingerprint density at radius 2 is 1.71 bits per heavy atom. The van der Waals surface area contributed by atoms with Crippen molar-refractivity contribution in [2.45, 2.75) is 47.6 Å². The predicted octanol–water partition coefficient (Wildman–Crippen LogP) is 4.43. The minimum Gasteiger partial charge on any atom is -0.464 e. The first-order valence-corrected chi connectivity index (χ1v) is 12.0. The summed E-state index contributed by atoms with van der Waals surface area (Å²) in [6.07, 6.45) is 1.98. The van der Waals surface area contributed by atoms with Gasteiger partial charge in [-0.25, -0.2) is 0 Å². The molecule has 34 heavy (non-hydrogen) atoms. The lowest BCUT2D eigenvalue weighted by atomic mass is 9.97. The summed E-state index contributed by atoms with van der Waals surface area (Å²) in [5, 5.41) is 5.42. The quantitative estimate of drug-likeness (QED) is 0.414. The summed E-state index contributed by atoms with van der Waals surface area (Å²) in [4.78, 5) is 31.1. The lowest BCUT2D eigenvalue weighted by Gasteiger charge is -2.31. The molecule has 0 saturated carbocycles. The average molecular weight is 467 g/mol. The van der Waals surface area contributed by atoms with Crippen LogP contribution in [-0.2, 0) is 29.6 Å². The number of hydrogen-bond donors (Lipinski definition) is 0. The van der Waals surface area contributed by atoms with Gasteiger partial charge in [0.15, 0.2) is 0 Å². The number of hydrogen-bond acceptors (Lipinski definition) is 4. The van der Waals surface area contributed by atoms with Gasteiger partial charge in [0.1, 0.15) is 11.5 Å². The fraction of sp³-hybridized carbons (Fsp3) is 0.519. The van der Waals surface area contributed by atoms with Crippen molar-refractivity contribution < 1.29 is 14.0 Å². The number of aryl methyl sites for hydroxylation is 2. The molecule has 7 heteroatoms. The van der Waals surface area contributed by atoms with Gasteiger partial charge in [-0.3, -0.25) is 14.3 Å². The molecule has 2 heterocycles. The Balaban J connectivity index is 1.87. The molecule has 0 spiro atoms. The Bertz CT molecular complexity index is 1120. The molecule has 0 fully saturated rings. The van der Waals surface area contributed by atoms with E-state index >= 15 is 0 Å². The zero-order chi connectivity index (χ0) is 25.0. The molecule has 2 amide bonds. The summed E-state index contributed by atoms with van der Waals surface area (Å²) < 4.78 is 7.19. The zero-order valence-corrected chi connectivity index (χ0v) is 21.5. The van der Waals surface area contributed by atoms with Gasteiger partial charge >= 0.3 is 0 Å². The van der Waals surface area contributed by atoms with Crippen molar-refractivity contribution in [2.75, 3.05) is 20.1 Å². The van der Waals surface area contributed by atoms with E-state index in [1.807, 2.05) is 49.2 Å². The molecule has 3 aromatic rings. The van der Waals surface area contributed by atoms with Gasteiger partial charge in [-0.1, -0.05) is 33.8 Å². The molecular weight excluding hydrogens is 428 g/mol. The summed E-state index contributed by atoms with van der Waals surface area (Å²) >= 11 is 0. The molecule has 1 unspecified atom stereocenters. The van der Waals surface area contributed by atoms with Crippen LogP contribution in [0.15, 0.2) is 41.0 Å². The van der Waals surface area contributed by atoms with Crippen LogP contribution in [0.25, 0.3) is 11.0 Å². The normalized spacial score (nSPS) is 12.5. The fourth-order valence-corrected chi connectivity index (χ4v) is 4.43. The van der Waals surface area contributed by atoms with E-state index in [2.05, 4.69) is 32.8 Å². The smallest absolute Gasteiger partial charge is 0.235 e. The summed E-state index contributed by atoms with van der Waals surface area (Å²) in [6, 6.07) is 9.76. The van der Waals surface area contributed by atoms with E-state index in [1.165, 1.54) is 0 Å². The molecule has 7 nitrogen and oxygen atoms in total. The molecule has 3 rings (SSSR count). The number of aromatic nitrogens is 2. The van der Waals surface area contributed by atoms with Crippen LogP contribution in [-0.4, -0.2) is 51.5 Å². The van der Waals surface area contributed by atoms with E-state index in [1.54, 1.807) is 22.9 Å². The maximum Gasteiger partial charge on any atom is 0.235 e. The van der Waals surface area contributed by atoms with Crippen LogP contribution >= 0.6 is 0 Å². The van der Waals surface area contributed by atoms with Crippen molar-refractivity contribution in [3.05, 3.63) is 53.5 Å². The van der Waals surface area contributed by atoms with Crippen molar-refractivity contribution in [1.29, 1.82) is 0 Å². The van der Waals surface area contributed by atoms with Crippen LogP contribution in [0.2, 0.25) is 0 Å². The van der Waals surface area contributed by atoms with Crippen LogP contribution < -0.4 is 0 Å². The highest BCUT2D eigenvalue weighted by atomic mass is 16.3. The molecule has 2 aromatic heterocycles. The predicted molar refractivity (Wildman–Crippen MR) is 134 cm³/mol. The maximum atomic E-state index is 13.8. The molecular formula is C27H38N4O3. The number of amides is 2. The van der Waals surface area contributed by atoms with E-state index in [0.29, 0.717) is 37.9 Å². The number of furan rings is 1. The highest BCUT2D eigenvalue weighted by molar-refractivity contribution is 6.00. The summed E-state index contributed by atoms with van der Waals surface area (Å²) in [7, 11) is 3.63. The van der Waals surface area contributed by atoms with Gasteiger partial charge in [0, 0.05) is 51.2 Å². The molecule has 1 atom stereocenters. The molecule has 0 radical (unpaired) electrons. The first-order valence-electron chi connectivity index (χ1n) is 12.0. The van der Waals surface area contributed by atoms with E-state index in [4.69, 9.17) is 4.42 Å². The van der Waals surface area contributed by atoms with Crippen LogP contribution in [0, 0.1) is 24.7 Å². The molecule has 0 bridgehead atoms. The molecule has 0 saturated heterocycles. The van der Waals surface area contributed by atoms with Gasteiger partial charge in [0.05, 0.1) is 12.0 Å². The largest absolute Gasteiger partial charge is 0.464 e.